The second-order valence-electron chi connectivity index (χ2n) is 16.1. The number of sulfonamides is 1. The molecule has 0 aromatic heterocycles. The lowest BCUT2D eigenvalue weighted by molar-refractivity contribution is -0.465. The van der Waals surface area contributed by atoms with E-state index in [0.717, 1.165) is 12.1 Å². The first-order valence-corrected chi connectivity index (χ1v) is 18.5. The van der Waals surface area contributed by atoms with Gasteiger partial charge < -0.3 is 19.7 Å². The summed E-state index contributed by atoms with van der Waals surface area (Å²) < 4.78 is 79.2. The Labute approximate surface area is 281 Å². The number of aliphatic hydroxyl groups excluding tert-OH is 1. The van der Waals surface area contributed by atoms with E-state index in [4.69, 9.17) is 9.47 Å². The second-order valence-corrected chi connectivity index (χ2v) is 17.9. The number of carbonyl (C=O) groups is 3. The van der Waals surface area contributed by atoms with Crippen LogP contribution in [0, 0.1) is 45.8 Å². The van der Waals surface area contributed by atoms with E-state index in [1.807, 2.05) is 13.8 Å². The summed E-state index contributed by atoms with van der Waals surface area (Å²) in [6.07, 6.45) is -3.23. The Morgan fingerprint density at radius 3 is 2.33 bits per heavy atom. The molecule has 1 aromatic carbocycles. The maximum absolute atomic E-state index is 14.7. The number of ether oxygens (including phenoxy) is 2. The predicted octanol–water partition coefficient (Wildman–Crippen LogP) is 3.69. The third-order valence-electron chi connectivity index (χ3n) is 13.8. The van der Waals surface area contributed by atoms with Gasteiger partial charge in [-0.05, 0) is 92.0 Å². The lowest BCUT2D eigenvalue weighted by Crippen LogP contribution is -2.97. The van der Waals surface area contributed by atoms with Gasteiger partial charge in [0.2, 0.25) is 15.8 Å². The van der Waals surface area contributed by atoms with Gasteiger partial charge in [0.1, 0.15) is 17.3 Å². The van der Waals surface area contributed by atoms with Gasteiger partial charge in [0, 0.05) is 24.3 Å². The van der Waals surface area contributed by atoms with Crippen molar-refractivity contribution < 1.29 is 55.7 Å². The predicted molar refractivity (Wildman–Crippen MR) is 163 cm³/mol. The van der Waals surface area contributed by atoms with Crippen LogP contribution in [0.4, 0.5) is 13.2 Å². The molecule has 14 heteroatoms. The van der Waals surface area contributed by atoms with Crippen LogP contribution in [0.3, 0.4) is 0 Å². The van der Waals surface area contributed by atoms with E-state index in [9.17, 15) is 46.2 Å². The van der Waals surface area contributed by atoms with E-state index in [1.54, 1.807) is 0 Å². The average molecular weight is 708 g/mol. The Balaban J connectivity index is 0.995. The third kappa shape index (κ3) is 3.87. The Morgan fingerprint density at radius 1 is 1.04 bits per heavy atom. The maximum Gasteiger partial charge on any atom is 0.416 e. The number of hydrogen-bond donors (Lipinski definition) is 3. The molecule has 9 unspecified atom stereocenters. The molecule has 2 spiro atoms. The van der Waals surface area contributed by atoms with Crippen LogP contribution in [0.25, 0.3) is 0 Å². The largest absolute Gasteiger partial charge is 0.446 e. The Hall–Kier alpha value is -2.65. The molecule has 9 rings (SSSR count). The van der Waals surface area contributed by atoms with Crippen LogP contribution in [0.15, 0.2) is 41.3 Å². The molecule has 2 saturated heterocycles. The highest BCUT2D eigenvalue weighted by molar-refractivity contribution is 7.89. The molecule has 0 radical (unpaired) electrons. The lowest BCUT2D eigenvalue weighted by atomic mass is 9.21. The van der Waals surface area contributed by atoms with E-state index in [2.05, 4.69) is 11.3 Å². The SMILES string of the molecule is C=C1C2CCC3C45COC(O)(C(O)C4C(C)(C)CCC5=O)C34C(=O)C1(OC(=O)C1CCC(NS(=O)(=O)c3ccc(C(F)(F)F)cc3)CC1)C24. The van der Waals surface area contributed by atoms with Crippen molar-refractivity contribution in [1.82, 2.24) is 4.72 Å². The fraction of sp³-hybridized carbons (Fsp3) is 0.686. The van der Waals surface area contributed by atoms with Crippen LogP contribution < -0.4 is 4.72 Å². The van der Waals surface area contributed by atoms with Gasteiger partial charge in [0.05, 0.1) is 28.4 Å². The molecule has 2 heterocycles. The van der Waals surface area contributed by atoms with Gasteiger partial charge in [-0.3, -0.25) is 14.4 Å². The summed E-state index contributed by atoms with van der Waals surface area (Å²) in [5.41, 5.74) is -5.48. The first kappa shape index (κ1) is 33.5. The Bertz CT molecular complexity index is 1790. The molecular formula is C35H40F3NO9S. The summed E-state index contributed by atoms with van der Waals surface area (Å²) in [5, 5.41) is 24.1. The van der Waals surface area contributed by atoms with Gasteiger partial charge in [-0.15, -0.1) is 0 Å². The van der Waals surface area contributed by atoms with Gasteiger partial charge in [0.15, 0.2) is 11.4 Å². The van der Waals surface area contributed by atoms with Crippen molar-refractivity contribution in [2.24, 2.45) is 45.8 Å². The number of rotatable bonds is 5. The summed E-state index contributed by atoms with van der Waals surface area (Å²) in [6.45, 7) is 8.03. The van der Waals surface area contributed by atoms with Crippen LogP contribution in [0.2, 0.25) is 0 Å². The maximum atomic E-state index is 14.7. The number of ketones is 2. The summed E-state index contributed by atoms with van der Waals surface area (Å²) >= 11 is 0. The fourth-order valence-corrected chi connectivity index (χ4v) is 13.0. The zero-order valence-corrected chi connectivity index (χ0v) is 28.0. The smallest absolute Gasteiger partial charge is 0.416 e. The van der Waals surface area contributed by atoms with E-state index >= 15 is 0 Å². The van der Waals surface area contributed by atoms with Crippen molar-refractivity contribution >= 4 is 27.6 Å². The molecule has 266 valence electrons. The summed E-state index contributed by atoms with van der Waals surface area (Å²) in [6, 6.07) is 2.63. The molecule has 2 aliphatic heterocycles. The summed E-state index contributed by atoms with van der Waals surface area (Å²) in [5.74, 6) is -6.35. The van der Waals surface area contributed by atoms with Crippen molar-refractivity contribution in [2.45, 2.75) is 99.8 Å². The van der Waals surface area contributed by atoms with E-state index in [-0.39, 0.29) is 55.3 Å². The van der Waals surface area contributed by atoms with E-state index in [0.29, 0.717) is 37.0 Å². The average Bonchev–Trinajstić information content (AvgIpc) is 3.05. The van der Waals surface area contributed by atoms with Crippen molar-refractivity contribution in [2.75, 3.05) is 6.61 Å². The van der Waals surface area contributed by atoms with Crippen molar-refractivity contribution in [3.8, 4) is 0 Å². The molecule has 49 heavy (non-hydrogen) atoms. The van der Waals surface area contributed by atoms with Gasteiger partial charge >= 0.3 is 12.1 Å². The van der Waals surface area contributed by atoms with Gasteiger partial charge in [-0.2, -0.15) is 13.2 Å². The summed E-state index contributed by atoms with van der Waals surface area (Å²) in [4.78, 5) is 42.0. The minimum atomic E-state index is -4.60. The third-order valence-corrected chi connectivity index (χ3v) is 15.3. The molecule has 8 aliphatic rings. The number of halogens is 3. The van der Waals surface area contributed by atoms with Crippen LogP contribution in [0.5, 0.6) is 0 Å². The number of carbonyl (C=O) groups excluding carboxylic acids is 3. The van der Waals surface area contributed by atoms with Crippen molar-refractivity contribution in [1.29, 1.82) is 0 Å². The molecule has 8 fully saturated rings. The molecule has 1 aromatic rings. The molecule has 0 amide bonds. The lowest BCUT2D eigenvalue weighted by Gasteiger charge is -2.84. The molecule has 6 aliphatic carbocycles. The fourth-order valence-electron chi connectivity index (χ4n) is 11.7. The normalized spacial score (nSPS) is 45.0. The topological polar surface area (TPSA) is 156 Å². The Kier molecular flexibility index (Phi) is 6.85. The first-order valence-electron chi connectivity index (χ1n) is 17.0. The molecule has 6 saturated carbocycles. The van der Waals surface area contributed by atoms with E-state index in [1.165, 1.54) is 0 Å². The number of esters is 1. The highest BCUT2D eigenvalue weighted by atomic mass is 32.2. The number of hydrogen-bond acceptors (Lipinski definition) is 9. The minimum Gasteiger partial charge on any atom is -0.446 e. The van der Waals surface area contributed by atoms with Crippen LogP contribution in [-0.2, 0) is 40.1 Å². The number of benzene rings is 1. The summed E-state index contributed by atoms with van der Waals surface area (Å²) in [7, 11) is -4.12. The Morgan fingerprint density at radius 2 is 1.69 bits per heavy atom. The van der Waals surface area contributed by atoms with Crippen LogP contribution in [-0.4, -0.2) is 66.3 Å². The zero-order valence-electron chi connectivity index (χ0n) is 27.2. The minimum absolute atomic E-state index is 0.0633. The highest BCUT2D eigenvalue weighted by Gasteiger charge is 2.97. The molecule has 10 nitrogen and oxygen atoms in total. The number of nitrogens with one attached hydrogen (secondary N) is 1. The number of fused-ring (bicyclic) bond motifs is 1. The number of Topliss-reactive ketones (excluding diaryl/α,β-unsaturated/α-hetero) is 2. The highest BCUT2D eigenvalue weighted by Crippen LogP contribution is 2.85. The van der Waals surface area contributed by atoms with Gasteiger partial charge in [0.25, 0.3) is 0 Å². The molecule has 3 N–H and O–H groups in total. The van der Waals surface area contributed by atoms with Gasteiger partial charge in [-0.1, -0.05) is 20.4 Å². The molecular weight excluding hydrogens is 667 g/mol. The molecule has 2 bridgehead atoms. The monoisotopic (exact) mass is 707 g/mol. The number of aliphatic hydroxyl groups is 2. The number of alkyl halides is 3. The van der Waals surface area contributed by atoms with Gasteiger partial charge in [-0.25, -0.2) is 13.1 Å². The van der Waals surface area contributed by atoms with Crippen molar-refractivity contribution in [3.63, 3.8) is 0 Å². The zero-order chi connectivity index (χ0) is 35.3. The quantitative estimate of drug-likeness (QED) is 0.307. The van der Waals surface area contributed by atoms with Crippen molar-refractivity contribution in [3.05, 3.63) is 42.0 Å². The standard InChI is InChI=1S/C35H40F3NO9S/c1-17-22-12-13-23-31-16-47-34(44,27(41)26(31)30(2,3)15-14-24(31)40)32(23)25(22)33(17,29(32)43)48-28(42)18-4-8-20(9-5-18)39-49(45,46)21-10-6-19(7-11-21)35(36,37)38/h6-7,10-11,18,20,22-23,25-27,39,41,44H,1,4-5,8-9,12-16H2,2-3H3. The van der Waals surface area contributed by atoms with Crippen LogP contribution in [0.1, 0.15) is 70.8 Å². The van der Waals surface area contributed by atoms with E-state index < -0.39 is 97.0 Å². The van der Waals surface area contributed by atoms with Crippen LogP contribution >= 0.6 is 0 Å². The molecule has 9 atom stereocenters. The second kappa shape index (κ2) is 10.0. The first-order chi connectivity index (χ1) is 22.8.